The van der Waals surface area contributed by atoms with Crippen molar-refractivity contribution in [2.75, 3.05) is 34.4 Å². The maximum Gasteiger partial charge on any atom is 0.293 e. The first kappa shape index (κ1) is 24.9. The van der Waals surface area contributed by atoms with E-state index in [1.54, 1.807) is 24.3 Å². The van der Waals surface area contributed by atoms with Crippen molar-refractivity contribution in [2.24, 2.45) is 0 Å². The molecule has 0 bridgehead atoms. The van der Waals surface area contributed by atoms with Crippen LogP contribution in [0.5, 0.6) is 17.2 Å². The van der Waals surface area contributed by atoms with Crippen molar-refractivity contribution >= 4 is 41.0 Å². The summed E-state index contributed by atoms with van der Waals surface area (Å²) in [5.41, 5.74) is 2.63. The minimum absolute atomic E-state index is 0.0707. The molecule has 0 atom stereocenters. The van der Waals surface area contributed by atoms with Gasteiger partial charge in [0.2, 0.25) is 11.7 Å². The molecule has 8 nitrogen and oxygen atoms in total. The Kier molecular flexibility index (Phi) is 8.37. The Morgan fingerprint density at radius 2 is 1.74 bits per heavy atom. The van der Waals surface area contributed by atoms with Crippen molar-refractivity contribution < 1.29 is 28.6 Å². The van der Waals surface area contributed by atoms with Crippen LogP contribution in [-0.4, -0.2) is 56.4 Å². The van der Waals surface area contributed by atoms with Crippen LogP contribution < -0.4 is 19.5 Å². The lowest BCUT2D eigenvalue weighted by molar-refractivity contribution is -0.123. The molecule has 3 amide bonds. The van der Waals surface area contributed by atoms with Gasteiger partial charge < -0.3 is 19.5 Å². The number of hydrogen-bond donors (Lipinski definition) is 1. The second kappa shape index (κ2) is 11.4. The molecule has 9 heteroatoms. The van der Waals surface area contributed by atoms with Crippen LogP contribution in [0.4, 0.5) is 4.79 Å². The van der Waals surface area contributed by atoms with E-state index in [0.717, 1.165) is 27.8 Å². The number of hydrogen-bond acceptors (Lipinski definition) is 7. The van der Waals surface area contributed by atoms with Crippen LogP contribution in [0.25, 0.3) is 12.2 Å². The van der Waals surface area contributed by atoms with E-state index >= 15 is 0 Å². The van der Waals surface area contributed by atoms with Crippen LogP contribution >= 0.6 is 11.8 Å². The van der Waals surface area contributed by atoms with Gasteiger partial charge in [-0.1, -0.05) is 29.8 Å². The monoisotopic (exact) mass is 482 g/mol. The number of imide groups is 1. The van der Waals surface area contributed by atoms with Crippen molar-refractivity contribution in [3.63, 3.8) is 0 Å². The van der Waals surface area contributed by atoms with Crippen LogP contribution in [0.15, 0.2) is 47.4 Å². The molecule has 0 unspecified atom stereocenters. The standard InChI is InChI=1S/C25H26N2O6S/c1-16-6-5-7-17(12-16)8-9-22(28)26-10-11-27-24(29)21(34-25(27)30)15-18-13-19(31-2)23(33-4)20(14-18)32-3/h5-9,12-15H,10-11H2,1-4H3,(H,26,28)/b9-8+,21-15-. The first-order valence-electron chi connectivity index (χ1n) is 10.4. The molecule has 1 aliphatic heterocycles. The lowest BCUT2D eigenvalue weighted by Gasteiger charge is -2.13. The van der Waals surface area contributed by atoms with Gasteiger partial charge in [-0.2, -0.15) is 0 Å². The molecular weight excluding hydrogens is 456 g/mol. The minimum atomic E-state index is -0.423. The zero-order chi connectivity index (χ0) is 24.7. The second-order valence-corrected chi connectivity index (χ2v) is 8.32. The number of rotatable bonds is 9. The number of nitrogens with one attached hydrogen (secondary N) is 1. The summed E-state index contributed by atoms with van der Waals surface area (Å²) in [6, 6.07) is 11.1. The molecular formula is C25H26N2O6S. The molecule has 2 aromatic rings. The van der Waals surface area contributed by atoms with E-state index in [1.807, 2.05) is 31.2 Å². The highest BCUT2D eigenvalue weighted by Gasteiger charge is 2.34. The molecule has 1 aliphatic rings. The topological polar surface area (TPSA) is 94.2 Å². The van der Waals surface area contributed by atoms with Gasteiger partial charge in [-0.05, 0) is 54.1 Å². The zero-order valence-electron chi connectivity index (χ0n) is 19.4. The molecule has 2 aromatic carbocycles. The molecule has 34 heavy (non-hydrogen) atoms. The van der Waals surface area contributed by atoms with Gasteiger partial charge in [-0.15, -0.1) is 0 Å². The van der Waals surface area contributed by atoms with Crippen molar-refractivity contribution in [1.29, 1.82) is 0 Å². The van der Waals surface area contributed by atoms with Gasteiger partial charge in [0.1, 0.15) is 0 Å². The van der Waals surface area contributed by atoms with Gasteiger partial charge >= 0.3 is 0 Å². The summed E-state index contributed by atoms with van der Waals surface area (Å²) in [5.74, 6) is 0.583. The zero-order valence-corrected chi connectivity index (χ0v) is 20.2. The number of nitrogens with zero attached hydrogens (tertiary/aromatic N) is 1. The Labute approximate surface area is 202 Å². The quantitative estimate of drug-likeness (QED) is 0.542. The summed E-state index contributed by atoms with van der Waals surface area (Å²) in [6.07, 6.45) is 4.73. The summed E-state index contributed by atoms with van der Waals surface area (Å²) in [4.78, 5) is 38.6. The molecule has 0 radical (unpaired) electrons. The fraction of sp³-hybridized carbons (Fsp3) is 0.240. The number of amides is 3. The van der Waals surface area contributed by atoms with Crippen LogP contribution in [0.2, 0.25) is 0 Å². The molecule has 0 saturated carbocycles. The largest absolute Gasteiger partial charge is 0.493 e. The average molecular weight is 483 g/mol. The van der Waals surface area contributed by atoms with Gasteiger partial charge in [0.15, 0.2) is 11.5 Å². The molecule has 0 aliphatic carbocycles. The van der Waals surface area contributed by atoms with Crippen LogP contribution in [0, 0.1) is 6.92 Å². The van der Waals surface area contributed by atoms with Crippen LogP contribution in [-0.2, 0) is 9.59 Å². The third-order valence-electron chi connectivity index (χ3n) is 4.96. The fourth-order valence-corrected chi connectivity index (χ4v) is 4.19. The number of thioether (sulfide) groups is 1. The van der Waals surface area contributed by atoms with Gasteiger partial charge in [0.25, 0.3) is 11.1 Å². The first-order valence-corrected chi connectivity index (χ1v) is 11.3. The molecule has 1 N–H and O–H groups in total. The van der Waals surface area contributed by atoms with Crippen molar-refractivity contribution in [3.8, 4) is 17.2 Å². The lowest BCUT2D eigenvalue weighted by atomic mass is 10.1. The molecule has 0 aromatic heterocycles. The Balaban J connectivity index is 1.62. The van der Waals surface area contributed by atoms with Crippen LogP contribution in [0.1, 0.15) is 16.7 Å². The van der Waals surface area contributed by atoms with Gasteiger partial charge in [0.05, 0.1) is 26.2 Å². The van der Waals surface area contributed by atoms with E-state index in [4.69, 9.17) is 14.2 Å². The van der Waals surface area contributed by atoms with Gasteiger partial charge in [0, 0.05) is 19.2 Å². The molecule has 178 valence electrons. The highest BCUT2D eigenvalue weighted by molar-refractivity contribution is 8.18. The molecule has 1 fully saturated rings. The minimum Gasteiger partial charge on any atom is -0.493 e. The summed E-state index contributed by atoms with van der Waals surface area (Å²) in [7, 11) is 4.50. The predicted octanol–water partition coefficient (Wildman–Crippen LogP) is 3.89. The number of carbonyl (C=O) groups excluding carboxylic acids is 3. The normalized spacial score (nSPS) is 14.7. The maximum absolute atomic E-state index is 12.8. The number of methoxy groups -OCH3 is 3. The summed E-state index contributed by atoms with van der Waals surface area (Å²) in [6.45, 7) is 2.19. The van der Waals surface area contributed by atoms with Gasteiger partial charge in [-0.25, -0.2) is 0 Å². The van der Waals surface area contributed by atoms with Crippen molar-refractivity contribution in [3.05, 3.63) is 64.1 Å². The Bertz CT molecular complexity index is 1130. The molecule has 1 heterocycles. The van der Waals surface area contributed by atoms with E-state index < -0.39 is 11.1 Å². The lowest BCUT2D eigenvalue weighted by Crippen LogP contribution is -2.36. The van der Waals surface area contributed by atoms with E-state index in [2.05, 4.69) is 5.32 Å². The molecule has 3 rings (SSSR count). The third-order valence-corrected chi connectivity index (χ3v) is 5.87. The highest BCUT2D eigenvalue weighted by Crippen LogP contribution is 2.40. The van der Waals surface area contributed by atoms with Crippen molar-refractivity contribution in [2.45, 2.75) is 6.92 Å². The first-order chi connectivity index (χ1) is 16.4. The SMILES string of the molecule is COc1cc(/C=C2\SC(=O)N(CCNC(=O)/C=C/c3cccc(C)c3)C2=O)cc(OC)c1OC. The maximum atomic E-state index is 12.8. The smallest absolute Gasteiger partial charge is 0.293 e. The van der Waals surface area contributed by atoms with E-state index in [9.17, 15) is 14.4 Å². The Hall–Kier alpha value is -3.72. The number of aryl methyl sites for hydroxylation is 1. The summed E-state index contributed by atoms with van der Waals surface area (Å²) >= 11 is 0.840. The number of carbonyl (C=O) groups is 3. The van der Waals surface area contributed by atoms with Crippen LogP contribution in [0.3, 0.4) is 0 Å². The Morgan fingerprint density at radius 3 is 2.35 bits per heavy atom. The number of benzene rings is 2. The summed E-state index contributed by atoms with van der Waals surface area (Å²) in [5, 5.41) is 2.30. The summed E-state index contributed by atoms with van der Waals surface area (Å²) < 4.78 is 16.0. The number of ether oxygens (including phenoxy) is 3. The average Bonchev–Trinajstić information content (AvgIpc) is 3.09. The third kappa shape index (κ3) is 5.99. The van der Waals surface area contributed by atoms with E-state index in [1.165, 1.54) is 27.4 Å². The van der Waals surface area contributed by atoms with E-state index in [-0.39, 0.29) is 23.9 Å². The van der Waals surface area contributed by atoms with Gasteiger partial charge in [-0.3, -0.25) is 19.3 Å². The highest BCUT2D eigenvalue weighted by atomic mass is 32.2. The second-order valence-electron chi connectivity index (χ2n) is 7.33. The predicted molar refractivity (Wildman–Crippen MR) is 132 cm³/mol. The Morgan fingerprint density at radius 1 is 1.03 bits per heavy atom. The van der Waals surface area contributed by atoms with E-state index in [0.29, 0.717) is 22.8 Å². The molecule has 0 spiro atoms. The van der Waals surface area contributed by atoms with Crippen molar-refractivity contribution in [1.82, 2.24) is 10.2 Å². The fourth-order valence-electron chi connectivity index (χ4n) is 3.32. The molecule has 1 saturated heterocycles.